The maximum Gasteiger partial charge on any atom is 0.123 e. The Labute approximate surface area is 128 Å². The van der Waals surface area contributed by atoms with Gasteiger partial charge in [-0.05, 0) is 61.3 Å². The summed E-state index contributed by atoms with van der Waals surface area (Å²) in [7, 11) is 0. The van der Waals surface area contributed by atoms with E-state index in [2.05, 4.69) is 19.2 Å². The van der Waals surface area contributed by atoms with E-state index in [9.17, 15) is 4.39 Å². The van der Waals surface area contributed by atoms with Crippen LogP contribution in [-0.4, -0.2) is 26.3 Å². The molecule has 2 nitrogen and oxygen atoms in total. The summed E-state index contributed by atoms with van der Waals surface area (Å²) in [6.45, 7) is 8.11. The van der Waals surface area contributed by atoms with Crippen molar-refractivity contribution >= 4 is 0 Å². The molecule has 0 aliphatic heterocycles. The number of benzene rings is 1. The minimum absolute atomic E-state index is 0.168. The first-order valence-electron chi connectivity index (χ1n) is 8.16. The summed E-state index contributed by atoms with van der Waals surface area (Å²) < 4.78 is 18.8. The van der Waals surface area contributed by atoms with E-state index in [1.54, 1.807) is 12.1 Å². The van der Waals surface area contributed by atoms with E-state index in [4.69, 9.17) is 4.74 Å². The molecule has 1 fully saturated rings. The van der Waals surface area contributed by atoms with E-state index < -0.39 is 0 Å². The molecule has 0 radical (unpaired) electrons. The molecule has 1 aromatic rings. The Bertz CT molecular complexity index is 392. The Hall–Kier alpha value is -0.930. The number of halogens is 1. The Kier molecular flexibility index (Phi) is 6.65. The van der Waals surface area contributed by atoms with Gasteiger partial charge >= 0.3 is 0 Å². The predicted octanol–water partition coefficient (Wildman–Crippen LogP) is 3.66. The van der Waals surface area contributed by atoms with Crippen LogP contribution in [-0.2, 0) is 11.2 Å². The second kappa shape index (κ2) is 8.50. The Morgan fingerprint density at radius 3 is 2.52 bits per heavy atom. The Balaban J connectivity index is 1.78. The van der Waals surface area contributed by atoms with Crippen molar-refractivity contribution in [3.63, 3.8) is 0 Å². The van der Waals surface area contributed by atoms with Crippen molar-refractivity contribution in [2.75, 3.05) is 26.3 Å². The Morgan fingerprint density at radius 2 is 1.90 bits per heavy atom. The third-order valence-electron chi connectivity index (χ3n) is 3.83. The van der Waals surface area contributed by atoms with E-state index in [-0.39, 0.29) is 5.82 Å². The van der Waals surface area contributed by atoms with Crippen molar-refractivity contribution in [1.29, 1.82) is 0 Å². The summed E-state index contributed by atoms with van der Waals surface area (Å²) >= 11 is 0. The fraction of sp³-hybridized carbons (Fsp3) is 0.667. The van der Waals surface area contributed by atoms with Gasteiger partial charge in [-0.3, -0.25) is 0 Å². The number of rotatable bonds is 10. The summed E-state index contributed by atoms with van der Waals surface area (Å²) in [5.74, 6) is 1.75. The number of hydrogen-bond donors (Lipinski definition) is 1. The van der Waals surface area contributed by atoms with Gasteiger partial charge in [0.2, 0.25) is 0 Å². The topological polar surface area (TPSA) is 21.3 Å². The lowest BCUT2D eigenvalue weighted by Crippen LogP contribution is -2.30. The molecule has 1 aliphatic rings. The highest BCUT2D eigenvalue weighted by atomic mass is 19.1. The third-order valence-corrected chi connectivity index (χ3v) is 3.83. The molecule has 118 valence electrons. The van der Waals surface area contributed by atoms with E-state index in [0.29, 0.717) is 11.8 Å². The number of ether oxygens (including phenoxy) is 1. The summed E-state index contributed by atoms with van der Waals surface area (Å²) in [6.07, 6.45) is 3.60. The lowest BCUT2D eigenvalue weighted by molar-refractivity contribution is 0.0905. The average molecular weight is 293 g/mol. The van der Waals surface area contributed by atoms with Gasteiger partial charge in [-0.1, -0.05) is 26.0 Å². The van der Waals surface area contributed by atoms with Crippen molar-refractivity contribution in [1.82, 2.24) is 5.32 Å². The normalized spacial score (nSPS) is 16.4. The molecular weight excluding hydrogens is 265 g/mol. The maximum atomic E-state index is 13.0. The fourth-order valence-corrected chi connectivity index (χ4v) is 2.41. The molecule has 1 aliphatic carbocycles. The zero-order valence-corrected chi connectivity index (χ0v) is 13.3. The minimum atomic E-state index is -0.168. The predicted molar refractivity (Wildman–Crippen MR) is 84.8 cm³/mol. The second-order valence-electron chi connectivity index (χ2n) is 6.73. The molecule has 0 aromatic heterocycles. The standard InChI is InChI=1S/C18H28FNO/c1-14(2)10-20-11-17(13-21-12-16-3-4-16)9-15-5-7-18(19)8-6-15/h5-8,14,16-17,20H,3-4,9-13H2,1-2H3. The first-order chi connectivity index (χ1) is 10.1. The average Bonchev–Trinajstić information content (AvgIpc) is 3.25. The molecule has 0 saturated heterocycles. The van der Waals surface area contributed by atoms with E-state index in [1.165, 1.54) is 18.4 Å². The zero-order valence-electron chi connectivity index (χ0n) is 13.3. The van der Waals surface area contributed by atoms with Crippen LogP contribution in [0.2, 0.25) is 0 Å². The molecule has 3 heteroatoms. The number of hydrogen-bond acceptors (Lipinski definition) is 2. The maximum absolute atomic E-state index is 13.0. The van der Waals surface area contributed by atoms with Crippen molar-refractivity contribution < 1.29 is 9.13 Å². The van der Waals surface area contributed by atoms with Crippen molar-refractivity contribution in [3.8, 4) is 0 Å². The smallest absolute Gasteiger partial charge is 0.123 e. The highest BCUT2D eigenvalue weighted by Gasteiger charge is 2.22. The second-order valence-corrected chi connectivity index (χ2v) is 6.73. The molecule has 21 heavy (non-hydrogen) atoms. The van der Waals surface area contributed by atoms with Gasteiger partial charge in [-0.2, -0.15) is 0 Å². The van der Waals surface area contributed by atoms with Crippen molar-refractivity contribution in [2.24, 2.45) is 17.8 Å². The van der Waals surface area contributed by atoms with Gasteiger partial charge in [0.1, 0.15) is 5.82 Å². The minimum Gasteiger partial charge on any atom is -0.381 e. The van der Waals surface area contributed by atoms with Crippen LogP contribution in [0.15, 0.2) is 24.3 Å². The summed E-state index contributed by atoms with van der Waals surface area (Å²) in [5.41, 5.74) is 1.18. The van der Waals surface area contributed by atoms with Crippen LogP contribution in [0.25, 0.3) is 0 Å². The molecule has 1 N–H and O–H groups in total. The quantitative estimate of drug-likeness (QED) is 0.711. The molecule has 2 rings (SSSR count). The van der Waals surface area contributed by atoms with Crippen LogP contribution in [0.5, 0.6) is 0 Å². The van der Waals surface area contributed by atoms with Gasteiger partial charge in [0, 0.05) is 13.2 Å². The van der Waals surface area contributed by atoms with E-state index >= 15 is 0 Å². The monoisotopic (exact) mass is 293 g/mol. The van der Waals surface area contributed by atoms with Gasteiger partial charge in [0.25, 0.3) is 0 Å². The van der Waals surface area contributed by atoms with Gasteiger partial charge in [0.05, 0.1) is 6.61 Å². The Morgan fingerprint density at radius 1 is 1.19 bits per heavy atom. The highest BCUT2D eigenvalue weighted by molar-refractivity contribution is 5.16. The summed E-state index contributed by atoms with van der Waals surface area (Å²) in [4.78, 5) is 0. The van der Waals surface area contributed by atoms with Crippen LogP contribution in [0, 0.1) is 23.6 Å². The fourth-order valence-electron chi connectivity index (χ4n) is 2.41. The third kappa shape index (κ3) is 7.05. The van der Waals surface area contributed by atoms with E-state index in [1.807, 2.05) is 12.1 Å². The molecule has 0 spiro atoms. The molecule has 1 saturated carbocycles. The largest absolute Gasteiger partial charge is 0.381 e. The van der Waals surface area contributed by atoms with Gasteiger partial charge in [-0.25, -0.2) is 4.39 Å². The van der Waals surface area contributed by atoms with Crippen LogP contribution < -0.4 is 5.32 Å². The molecule has 0 amide bonds. The van der Waals surface area contributed by atoms with Gasteiger partial charge in [0.15, 0.2) is 0 Å². The molecular formula is C18H28FNO. The van der Waals surface area contributed by atoms with Crippen molar-refractivity contribution in [2.45, 2.75) is 33.1 Å². The molecule has 1 unspecified atom stereocenters. The van der Waals surface area contributed by atoms with Gasteiger partial charge < -0.3 is 10.1 Å². The van der Waals surface area contributed by atoms with Crippen molar-refractivity contribution in [3.05, 3.63) is 35.6 Å². The van der Waals surface area contributed by atoms with Crippen LogP contribution in [0.1, 0.15) is 32.3 Å². The van der Waals surface area contributed by atoms with Gasteiger partial charge in [-0.15, -0.1) is 0 Å². The first-order valence-corrected chi connectivity index (χ1v) is 8.16. The SMILES string of the molecule is CC(C)CNCC(COCC1CC1)Cc1ccc(F)cc1. The van der Waals surface area contributed by atoms with E-state index in [0.717, 1.165) is 38.6 Å². The summed E-state index contributed by atoms with van der Waals surface area (Å²) in [5, 5.41) is 3.52. The van der Waals surface area contributed by atoms with Crippen LogP contribution in [0.4, 0.5) is 4.39 Å². The zero-order chi connectivity index (χ0) is 15.1. The lowest BCUT2D eigenvalue weighted by Gasteiger charge is -2.19. The molecule has 0 bridgehead atoms. The highest BCUT2D eigenvalue weighted by Crippen LogP contribution is 2.29. The first kappa shape index (κ1) is 16.4. The molecule has 1 atom stereocenters. The molecule has 0 heterocycles. The summed E-state index contributed by atoms with van der Waals surface area (Å²) in [6, 6.07) is 6.84. The number of nitrogens with one attached hydrogen (secondary N) is 1. The van der Waals surface area contributed by atoms with Crippen LogP contribution >= 0.6 is 0 Å². The van der Waals surface area contributed by atoms with Crippen LogP contribution in [0.3, 0.4) is 0 Å². The molecule has 1 aromatic carbocycles. The lowest BCUT2D eigenvalue weighted by atomic mass is 9.99.